The van der Waals surface area contributed by atoms with E-state index in [1.54, 1.807) is 0 Å². The Bertz CT molecular complexity index is 148. The van der Waals surface area contributed by atoms with Gasteiger partial charge in [0.1, 0.15) is 0 Å². The van der Waals surface area contributed by atoms with Crippen LogP contribution in [0.1, 0.15) is 6.42 Å². The smallest absolute Gasteiger partial charge is 0.310 e. The van der Waals surface area contributed by atoms with Gasteiger partial charge in [0, 0.05) is 13.0 Å². The third-order valence-electron chi connectivity index (χ3n) is 1.18. The van der Waals surface area contributed by atoms with E-state index in [0.717, 1.165) is 0 Å². The first-order valence-corrected chi connectivity index (χ1v) is 2.97. The van der Waals surface area contributed by atoms with Crippen LogP contribution in [0.4, 0.5) is 0 Å². The predicted octanol–water partition coefficient (Wildman–Crippen LogP) is -0.242. The highest BCUT2D eigenvalue weighted by molar-refractivity contribution is 5.72. The second-order valence-corrected chi connectivity index (χ2v) is 1.86. The topological polar surface area (TPSA) is 52.3 Å². The molecule has 2 N–H and O–H groups in total. The molecule has 0 heterocycles. The molecule has 0 aliphatic heterocycles. The molecule has 3 nitrogen and oxygen atoms in total. The summed E-state index contributed by atoms with van der Waals surface area (Å²) in [7, 11) is 1.32. The van der Waals surface area contributed by atoms with Gasteiger partial charge >= 0.3 is 5.97 Å². The molecule has 0 amide bonds. The van der Waals surface area contributed by atoms with Gasteiger partial charge in [0.25, 0.3) is 0 Å². The van der Waals surface area contributed by atoms with E-state index in [1.165, 1.54) is 7.11 Å². The van der Waals surface area contributed by atoms with Gasteiger partial charge in [-0.25, -0.2) is 0 Å². The minimum Gasteiger partial charge on any atom is -0.469 e. The summed E-state index contributed by atoms with van der Waals surface area (Å²) >= 11 is 0. The molecule has 1 atom stereocenters. The van der Waals surface area contributed by atoms with E-state index < -0.39 is 0 Å². The molecule has 0 aromatic rings. The van der Waals surface area contributed by atoms with Crippen LogP contribution in [-0.2, 0) is 9.53 Å². The quantitative estimate of drug-likeness (QED) is 0.436. The second-order valence-electron chi connectivity index (χ2n) is 1.86. The van der Waals surface area contributed by atoms with Crippen molar-refractivity contribution < 1.29 is 9.53 Å². The standard InChI is InChI=1S/C7H11NO2/c1-3-4-6(5-8)7(9)10-2/h1,6H,4-5,8H2,2H3. The fraction of sp³-hybridized carbons (Fsp3) is 0.571. The van der Waals surface area contributed by atoms with Gasteiger partial charge in [-0.3, -0.25) is 4.79 Å². The number of hydrogen-bond donors (Lipinski definition) is 1. The third-order valence-corrected chi connectivity index (χ3v) is 1.18. The van der Waals surface area contributed by atoms with Gasteiger partial charge in [-0.2, -0.15) is 0 Å². The molecule has 0 aromatic carbocycles. The molecular weight excluding hydrogens is 130 g/mol. The van der Waals surface area contributed by atoms with Crippen LogP contribution in [0.2, 0.25) is 0 Å². The van der Waals surface area contributed by atoms with Crippen molar-refractivity contribution in [1.82, 2.24) is 0 Å². The summed E-state index contributed by atoms with van der Waals surface area (Å²) in [5.41, 5.74) is 5.24. The fourth-order valence-corrected chi connectivity index (χ4v) is 0.572. The van der Waals surface area contributed by atoms with Crippen molar-refractivity contribution in [3.8, 4) is 12.3 Å². The Morgan fingerprint density at radius 1 is 1.90 bits per heavy atom. The molecule has 0 radical (unpaired) electrons. The Morgan fingerprint density at radius 2 is 2.50 bits per heavy atom. The fourth-order valence-electron chi connectivity index (χ4n) is 0.572. The Hall–Kier alpha value is -1.01. The lowest BCUT2D eigenvalue weighted by atomic mass is 10.1. The van der Waals surface area contributed by atoms with Crippen molar-refractivity contribution in [2.24, 2.45) is 11.7 Å². The Balaban J connectivity index is 3.83. The number of methoxy groups -OCH3 is 1. The number of ether oxygens (including phenoxy) is 1. The molecule has 0 saturated heterocycles. The SMILES string of the molecule is C#CCC(CN)C(=O)OC. The number of nitrogens with two attached hydrogens (primary N) is 1. The zero-order chi connectivity index (χ0) is 7.98. The lowest BCUT2D eigenvalue weighted by molar-refractivity contribution is -0.144. The molecule has 0 aliphatic rings. The van der Waals surface area contributed by atoms with Gasteiger partial charge in [0.15, 0.2) is 0 Å². The monoisotopic (exact) mass is 141 g/mol. The van der Waals surface area contributed by atoms with Crippen LogP contribution in [0.5, 0.6) is 0 Å². The third kappa shape index (κ3) is 2.51. The number of hydrogen-bond acceptors (Lipinski definition) is 3. The average Bonchev–Trinajstić information content (AvgIpc) is 1.99. The highest BCUT2D eigenvalue weighted by Crippen LogP contribution is 2.00. The number of rotatable bonds is 3. The van der Waals surface area contributed by atoms with E-state index in [9.17, 15) is 4.79 Å². The van der Waals surface area contributed by atoms with Crippen LogP contribution in [0, 0.1) is 18.3 Å². The molecule has 0 fully saturated rings. The zero-order valence-electron chi connectivity index (χ0n) is 5.96. The maximum absolute atomic E-state index is 10.7. The van der Waals surface area contributed by atoms with Crippen LogP contribution in [0.3, 0.4) is 0 Å². The molecule has 0 rings (SSSR count). The highest BCUT2D eigenvalue weighted by atomic mass is 16.5. The van der Waals surface area contributed by atoms with E-state index in [-0.39, 0.29) is 18.4 Å². The van der Waals surface area contributed by atoms with E-state index >= 15 is 0 Å². The summed E-state index contributed by atoms with van der Waals surface area (Å²) in [6.07, 6.45) is 5.33. The molecular formula is C7H11NO2. The summed E-state index contributed by atoms with van der Waals surface area (Å²) in [4.78, 5) is 10.7. The molecule has 56 valence electrons. The molecule has 0 saturated carbocycles. The summed E-state index contributed by atoms with van der Waals surface area (Å²) in [5, 5.41) is 0. The van der Waals surface area contributed by atoms with E-state index in [2.05, 4.69) is 10.7 Å². The first-order valence-electron chi connectivity index (χ1n) is 2.97. The van der Waals surface area contributed by atoms with Crippen molar-refractivity contribution in [2.45, 2.75) is 6.42 Å². The number of terminal acetylenes is 1. The van der Waals surface area contributed by atoms with Gasteiger partial charge in [0.05, 0.1) is 13.0 Å². The summed E-state index contributed by atoms with van der Waals surface area (Å²) in [6, 6.07) is 0. The first kappa shape index (κ1) is 8.99. The molecule has 0 aromatic heterocycles. The van der Waals surface area contributed by atoms with Gasteiger partial charge < -0.3 is 10.5 Å². The van der Waals surface area contributed by atoms with Crippen LogP contribution in [0.15, 0.2) is 0 Å². The van der Waals surface area contributed by atoms with Gasteiger partial charge in [-0.05, 0) is 0 Å². The van der Waals surface area contributed by atoms with Gasteiger partial charge in [-0.1, -0.05) is 0 Å². The van der Waals surface area contributed by atoms with Crippen molar-refractivity contribution in [2.75, 3.05) is 13.7 Å². The second kappa shape index (κ2) is 4.83. The first-order chi connectivity index (χ1) is 4.76. The largest absolute Gasteiger partial charge is 0.469 e. The van der Waals surface area contributed by atoms with E-state index in [1.807, 2.05) is 0 Å². The molecule has 3 heteroatoms. The van der Waals surface area contributed by atoms with Gasteiger partial charge in [-0.15, -0.1) is 12.3 Å². The maximum atomic E-state index is 10.7. The average molecular weight is 141 g/mol. The minimum atomic E-state index is -0.338. The van der Waals surface area contributed by atoms with Gasteiger partial charge in [0.2, 0.25) is 0 Å². The van der Waals surface area contributed by atoms with Crippen molar-refractivity contribution >= 4 is 5.97 Å². The zero-order valence-corrected chi connectivity index (χ0v) is 5.96. The summed E-state index contributed by atoms with van der Waals surface area (Å²) in [6.45, 7) is 0.247. The highest BCUT2D eigenvalue weighted by Gasteiger charge is 2.14. The van der Waals surface area contributed by atoms with Crippen molar-refractivity contribution in [3.63, 3.8) is 0 Å². The predicted molar refractivity (Wildman–Crippen MR) is 38.0 cm³/mol. The lowest BCUT2D eigenvalue weighted by Gasteiger charge is -2.06. The van der Waals surface area contributed by atoms with Crippen molar-refractivity contribution in [3.05, 3.63) is 0 Å². The Kier molecular flexibility index (Phi) is 4.34. The summed E-state index contributed by atoms with van der Waals surface area (Å²) < 4.78 is 4.44. The normalized spacial score (nSPS) is 11.7. The summed E-state index contributed by atoms with van der Waals surface area (Å²) in [5.74, 6) is 1.68. The molecule has 0 spiro atoms. The molecule has 10 heavy (non-hydrogen) atoms. The van der Waals surface area contributed by atoms with Crippen molar-refractivity contribution in [1.29, 1.82) is 0 Å². The lowest BCUT2D eigenvalue weighted by Crippen LogP contribution is -2.24. The number of esters is 1. The van der Waals surface area contributed by atoms with Crippen LogP contribution in [-0.4, -0.2) is 19.6 Å². The molecule has 1 unspecified atom stereocenters. The Morgan fingerprint density at radius 3 is 2.80 bits per heavy atom. The van der Waals surface area contributed by atoms with Crippen LogP contribution < -0.4 is 5.73 Å². The minimum absolute atomic E-state index is 0.247. The number of carbonyl (C=O) groups is 1. The van der Waals surface area contributed by atoms with Crippen LogP contribution in [0.25, 0.3) is 0 Å². The Labute approximate surface area is 60.5 Å². The van der Waals surface area contributed by atoms with Crippen LogP contribution >= 0.6 is 0 Å². The number of carbonyl (C=O) groups excluding carboxylic acids is 1. The molecule has 0 aliphatic carbocycles. The molecule has 0 bridgehead atoms. The van der Waals surface area contributed by atoms with E-state index in [4.69, 9.17) is 12.2 Å². The van der Waals surface area contributed by atoms with E-state index in [0.29, 0.717) is 6.42 Å². The maximum Gasteiger partial charge on any atom is 0.310 e.